The number of guanidine groups is 1. The lowest BCUT2D eigenvalue weighted by atomic mass is 10.00. The molecule has 136 valence electrons. The minimum absolute atomic E-state index is 0. The van der Waals surface area contributed by atoms with Crippen molar-refractivity contribution in [3.05, 3.63) is 35.4 Å². The van der Waals surface area contributed by atoms with E-state index in [2.05, 4.69) is 65.6 Å². The molecule has 1 aliphatic heterocycles. The van der Waals surface area contributed by atoms with E-state index in [0.717, 1.165) is 45.1 Å². The van der Waals surface area contributed by atoms with Crippen molar-refractivity contribution in [2.45, 2.75) is 40.2 Å². The number of hydrogen-bond donors (Lipinski definition) is 2. The molecule has 1 aromatic carbocycles. The molecule has 0 amide bonds. The van der Waals surface area contributed by atoms with Crippen LogP contribution in [0.2, 0.25) is 0 Å². The summed E-state index contributed by atoms with van der Waals surface area (Å²) in [5, 5.41) is 6.76. The van der Waals surface area contributed by atoms with E-state index in [1.54, 1.807) is 0 Å². The fourth-order valence-electron chi connectivity index (χ4n) is 2.87. The number of rotatable bonds is 7. The molecule has 0 bridgehead atoms. The van der Waals surface area contributed by atoms with Crippen molar-refractivity contribution in [2.75, 3.05) is 32.7 Å². The van der Waals surface area contributed by atoms with E-state index in [0.29, 0.717) is 5.92 Å². The van der Waals surface area contributed by atoms with Gasteiger partial charge in [-0.15, -0.1) is 24.0 Å². The number of benzene rings is 1. The Morgan fingerprint density at radius 1 is 1.21 bits per heavy atom. The monoisotopic (exact) mass is 444 g/mol. The molecule has 24 heavy (non-hydrogen) atoms. The Balaban J connectivity index is 0.00000288. The van der Waals surface area contributed by atoms with Crippen molar-refractivity contribution in [3.8, 4) is 0 Å². The van der Waals surface area contributed by atoms with Crippen LogP contribution in [-0.4, -0.2) is 43.6 Å². The van der Waals surface area contributed by atoms with Crippen LogP contribution >= 0.6 is 24.0 Å². The first-order chi connectivity index (χ1) is 11.2. The SMILES string of the molecule is CCNC(=NCC(C)C)NCCCN1CCc2ccccc2C1.I. The van der Waals surface area contributed by atoms with Gasteiger partial charge in [-0.05, 0) is 36.8 Å². The van der Waals surface area contributed by atoms with Crippen LogP contribution < -0.4 is 10.6 Å². The maximum absolute atomic E-state index is 4.61. The number of nitrogens with one attached hydrogen (secondary N) is 2. The number of hydrogen-bond acceptors (Lipinski definition) is 2. The Morgan fingerprint density at radius 2 is 1.96 bits per heavy atom. The Bertz CT molecular complexity index is 502. The first-order valence-corrected chi connectivity index (χ1v) is 9.00. The molecule has 4 nitrogen and oxygen atoms in total. The van der Waals surface area contributed by atoms with Gasteiger partial charge in [0.25, 0.3) is 0 Å². The van der Waals surface area contributed by atoms with Gasteiger partial charge in [0.1, 0.15) is 0 Å². The second-order valence-electron chi connectivity index (χ2n) is 6.69. The van der Waals surface area contributed by atoms with Gasteiger partial charge >= 0.3 is 0 Å². The van der Waals surface area contributed by atoms with Crippen LogP contribution in [0.3, 0.4) is 0 Å². The molecule has 0 fully saturated rings. The van der Waals surface area contributed by atoms with Crippen molar-refractivity contribution in [1.82, 2.24) is 15.5 Å². The number of halogens is 1. The van der Waals surface area contributed by atoms with E-state index in [1.807, 2.05) is 0 Å². The smallest absolute Gasteiger partial charge is 0.191 e. The predicted octanol–water partition coefficient (Wildman–Crippen LogP) is 3.26. The van der Waals surface area contributed by atoms with E-state index in [-0.39, 0.29) is 24.0 Å². The molecule has 1 aromatic rings. The average molecular weight is 444 g/mol. The molecule has 2 N–H and O–H groups in total. The second kappa shape index (κ2) is 11.7. The highest BCUT2D eigenvalue weighted by molar-refractivity contribution is 14.0. The van der Waals surface area contributed by atoms with Crippen molar-refractivity contribution in [3.63, 3.8) is 0 Å². The normalized spacial score (nSPS) is 14.9. The summed E-state index contributed by atoms with van der Waals surface area (Å²) >= 11 is 0. The Hall–Kier alpha value is -0.820. The lowest BCUT2D eigenvalue weighted by Gasteiger charge is -2.28. The highest BCUT2D eigenvalue weighted by atomic mass is 127. The van der Waals surface area contributed by atoms with E-state index in [4.69, 9.17) is 0 Å². The second-order valence-corrected chi connectivity index (χ2v) is 6.69. The standard InChI is InChI=1S/C19H32N4.HI/c1-4-20-19(22-14-16(2)3)21-11-7-12-23-13-10-17-8-5-6-9-18(17)15-23;/h5-6,8-9,16H,4,7,10-15H2,1-3H3,(H2,20,21,22);1H. The Morgan fingerprint density at radius 3 is 2.67 bits per heavy atom. The van der Waals surface area contributed by atoms with Crippen molar-refractivity contribution >= 4 is 29.9 Å². The molecule has 1 heterocycles. The molecule has 2 rings (SSSR count). The molecule has 5 heteroatoms. The summed E-state index contributed by atoms with van der Waals surface area (Å²) in [5.74, 6) is 1.55. The predicted molar refractivity (Wildman–Crippen MR) is 114 cm³/mol. The van der Waals surface area contributed by atoms with Crippen molar-refractivity contribution in [1.29, 1.82) is 0 Å². The third-order valence-corrected chi connectivity index (χ3v) is 4.11. The largest absolute Gasteiger partial charge is 0.357 e. The van der Waals surface area contributed by atoms with Gasteiger partial charge in [-0.25, -0.2) is 0 Å². The van der Waals surface area contributed by atoms with Gasteiger partial charge in [0, 0.05) is 39.3 Å². The van der Waals surface area contributed by atoms with Gasteiger partial charge in [-0.1, -0.05) is 38.1 Å². The molecule has 0 unspecified atom stereocenters. The first-order valence-electron chi connectivity index (χ1n) is 9.00. The number of fused-ring (bicyclic) bond motifs is 1. The van der Waals surface area contributed by atoms with Crippen LogP contribution in [0.15, 0.2) is 29.3 Å². The molecular formula is C19H33IN4. The van der Waals surface area contributed by atoms with E-state index < -0.39 is 0 Å². The summed E-state index contributed by atoms with van der Waals surface area (Å²) in [4.78, 5) is 7.17. The van der Waals surface area contributed by atoms with Crippen LogP contribution in [0.25, 0.3) is 0 Å². The maximum Gasteiger partial charge on any atom is 0.191 e. The zero-order valence-electron chi connectivity index (χ0n) is 15.3. The fourth-order valence-corrected chi connectivity index (χ4v) is 2.87. The van der Waals surface area contributed by atoms with Crippen molar-refractivity contribution < 1.29 is 0 Å². The van der Waals surface area contributed by atoms with E-state index >= 15 is 0 Å². The molecule has 1 aliphatic rings. The topological polar surface area (TPSA) is 39.7 Å². The van der Waals surface area contributed by atoms with Gasteiger partial charge < -0.3 is 10.6 Å². The highest BCUT2D eigenvalue weighted by Crippen LogP contribution is 2.18. The third-order valence-electron chi connectivity index (χ3n) is 4.11. The lowest BCUT2D eigenvalue weighted by Crippen LogP contribution is -2.39. The number of nitrogens with zero attached hydrogens (tertiary/aromatic N) is 2. The molecule has 0 atom stereocenters. The quantitative estimate of drug-likeness (QED) is 0.294. The summed E-state index contributed by atoms with van der Waals surface area (Å²) in [6, 6.07) is 8.83. The third kappa shape index (κ3) is 7.38. The maximum atomic E-state index is 4.61. The number of aliphatic imine (C=N–C) groups is 1. The van der Waals surface area contributed by atoms with Crippen LogP contribution in [0, 0.1) is 5.92 Å². The fraction of sp³-hybridized carbons (Fsp3) is 0.632. The minimum Gasteiger partial charge on any atom is -0.357 e. The van der Waals surface area contributed by atoms with Crippen LogP contribution in [0.5, 0.6) is 0 Å². The molecule has 0 aliphatic carbocycles. The van der Waals surface area contributed by atoms with Crippen LogP contribution in [-0.2, 0) is 13.0 Å². The van der Waals surface area contributed by atoms with E-state index in [1.165, 1.54) is 24.1 Å². The lowest BCUT2D eigenvalue weighted by molar-refractivity contribution is 0.251. The molecule has 0 saturated carbocycles. The van der Waals surface area contributed by atoms with Gasteiger partial charge in [0.15, 0.2) is 5.96 Å². The zero-order valence-corrected chi connectivity index (χ0v) is 17.7. The molecule has 0 spiro atoms. The summed E-state index contributed by atoms with van der Waals surface area (Å²) < 4.78 is 0. The summed E-state index contributed by atoms with van der Waals surface area (Å²) in [7, 11) is 0. The molecule has 0 aromatic heterocycles. The first kappa shape index (κ1) is 21.2. The van der Waals surface area contributed by atoms with Gasteiger partial charge in [-0.2, -0.15) is 0 Å². The van der Waals surface area contributed by atoms with Gasteiger partial charge in [0.2, 0.25) is 0 Å². The van der Waals surface area contributed by atoms with E-state index in [9.17, 15) is 0 Å². The summed E-state index contributed by atoms with van der Waals surface area (Å²) in [5.41, 5.74) is 3.02. The van der Waals surface area contributed by atoms with Crippen LogP contribution in [0.4, 0.5) is 0 Å². The Labute approximate surface area is 164 Å². The summed E-state index contributed by atoms with van der Waals surface area (Å²) in [6.45, 7) is 12.7. The molecule has 0 radical (unpaired) electrons. The zero-order chi connectivity index (χ0) is 16.5. The van der Waals surface area contributed by atoms with Crippen molar-refractivity contribution in [2.24, 2.45) is 10.9 Å². The molecule has 0 saturated heterocycles. The Kier molecular flexibility index (Phi) is 10.3. The van der Waals surface area contributed by atoms with Crippen LogP contribution in [0.1, 0.15) is 38.3 Å². The van der Waals surface area contributed by atoms with Gasteiger partial charge in [0.05, 0.1) is 0 Å². The summed E-state index contributed by atoms with van der Waals surface area (Å²) in [6.07, 6.45) is 2.33. The average Bonchev–Trinajstić information content (AvgIpc) is 2.56. The minimum atomic E-state index is 0. The molecular weight excluding hydrogens is 411 g/mol. The van der Waals surface area contributed by atoms with Gasteiger partial charge in [-0.3, -0.25) is 9.89 Å². The highest BCUT2D eigenvalue weighted by Gasteiger charge is 2.14.